The van der Waals surface area contributed by atoms with Crippen molar-refractivity contribution in [3.05, 3.63) is 88.4 Å². The third-order valence-electron chi connectivity index (χ3n) is 16.8. The lowest BCUT2D eigenvalue weighted by Gasteiger charge is -2.62. The normalized spacial score (nSPS) is 22.1. The van der Waals surface area contributed by atoms with E-state index in [0.717, 1.165) is 43.5 Å². The fourth-order valence-electron chi connectivity index (χ4n) is 10.4. The molecule has 5 aliphatic rings. The van der Waals surface area contributed by atoms with Gasteiger partial charge in [-0.15, -0.1) is 0 Å². The second-order valence-corrected chi connectivity index (χ2v) is 28.6. The highest BCUT2D eigenvalue weighted by molar-refractivity contribution is 5.92. The highest BCUT2D eigenvalue weighted by Crippen LogP contribution is 2.61. The molecule has 9 rings (SSSR count). The van der Waals surface area contributed by atoms with E-state index in [1.54, 1.807) is 12.1 Å². The van der Waals surface area contributed by atoms with Crippen LogP contribution in [0.4, 0.5) is 10.5 Å². The standard InChI is InChI=1S/C16H25NO2.C16H26O4.C15H22O2.C13H15NO4.C10H16O5/c1-11(2)12(3)15(18)17-13-7-9-14(10-8-13)19-16(4,5)6;1-4-13(2,3)12(17)20-16-7-11-5-14(18,9-16)8-15(19,6-11)10-16;1-6-11(2)12-7-9-13(10-8-12)14(16)17-15(3,4)5;1-7(2)8(3)12(15)17-9-4-5-10-11(6-9)18-13(16)14-10;1-6(2)7(3)9(11)13-4-8-5-14-10(12)15-8/h7-12H,1-6H3,(H,17,18);11,18-19H,4-10H2,1-3H3;7-11H,6H2,1-5H3;4-8H,1-3H3,(H,14,16);6-8H,4-5H2,1-3H3. The van der Waals surface area contributed by atoms with Crippen molar-refractivity contribution in [1.29, 1.82) is 0 Å². The van der Waals surface area contributed by atoms with E-state index >= 15 is 0 Å². The van der Waals surface area contributed by atoms with Gasteiger partial charge in [0.05, 0.1) is 39.5 Å². The Kier molecular flexibility index (Phi) is 26.3. The quantitative estimate of drug-likeness (QED) is 0.0435. The maximum Gasteiger partial charge on any atom is 0.508 e. The van der Waals surface area contributed by atoms with Gasteiger partial charge in [0.2, 0.25) is 5.91 Å². The average molecular weight is 1250 g/mol. The predicted octanol–water partition coefficient (Wildman–Crippen LogP) is 14.1. The molecule has 19 nitrogen and oxygen atoms in total. The summed E-state index contributed by atoms with van der Waals surface area (Å²) >= 11 is 0. The van der Waals surface area contributed by atoms with Crippen LogP contribution >= 0.6 is 0 Å². The number of cyclic esters (lactones) is 2. The lowest BCUT2D eigenvalue weighted by molar-refractivity contribution is -0.264. The van der Waals surface area contributed by atoms with E-state index in [-0.39, 0.29) is 84.1 Å². The van der Waals surface area contributed by atoms with Gasteiger partial charge in [-0.25, -0.2) is 14.4 Å². The minimum Gasteiger partial charge on any atom is -0.488 e. The molecular weight excluding hydrogens is 1140 g/mol. The van der Waals surface area contributed by atoms with E-state index < -0.39 is 45.8 Å². The molecule has 7 atom stereocenters. The third-order valence-corrected chi connectivity index (χ3v) is 16.8. The number of hydrogen-bond donors (Lipinski definition) is 4. The van der Waals surface area contributed by atoms with Gasteiger partial charge in [-0.2, -0.15) is 0 Å². The molecule has 4 N–H and O–H groups in total. The monoisotopic (exact) mass is 1240 g/mol. The van der Waals surface area contributed by atoms with Gasteiger partial charge >= 0.3 is 35.8 Å². The van der Waals surface area contributed by atoms with Crippen molar-refractivity contribution in [3.8, 4) is 11.5 Å². The molecule has 7 unspecified atom stereocenters. The van der Waals surface area contributed by atoms with E-state index in [0.29, 0.717) is 53.5 Å². The molecule has 4 bridgehead atoms. The van der Waals surface area contributed by atoms with E-state index in [1.807, 2.05) is 173 Å². The van der Waals surface area contributed by atoms with Crippen molar-refractivity contribution in [2.45, 2.75) is 230 Å². The molecular formula is C70H104N2O17. The molecule has 19 heteroatoms. The molecule has 1 saturated heterocycles. The lowest BCUT2D eigenvalue weighted by Crippen LogP contribution is -2.67. The SMILES string of the molecule is CC(C)C(C)C(=O)Nc1ccc(OC(C)(C)C)cc1.CC(C)C(C)C(=O)OCC1COC(=O)O1.CC(C)C(C)C(=O)Oc1ccc2[nH]c(=O)oc2c1.CCC(C)(C)C(=O)OC12CC3CC(O)(CC(O)(C3)C1)C2.CCC(C)c1ccc(C(=O)OC(C)(C)C)cc1. The van der Waals surface area contributed by atoms with Crippen molar-refractivity contribution >= 4 is 52.7 Å². The molecule has 2 heterocycles. The molecule has 0 radical (unpaired) electrons. The zero-order valence-corrected chi connectivity index (χ0v) is 56.6. The number of hydrogen-bond acceptors (Lipinski definition) is 17. The van der Waals surface area contributed by atoms with Gasteiger partial charge in [0.15, 0.2) is 11.7 Å². The molecule has 4 saturated carbocycles. The summed E-state index contributed by atoms with van der Waals surface area (Å²) in [6, 6.07) is 20.0. The van der Waals surface area contributed by atoms with Gasteiger partial charge in [-0.3, -0.25) is 24.2 Å². The Labute approximate surface area is 527 Å². The number of aliphatic hydroxyl groups is 2. The van der Waals surface area contributed by atoms with Crippen molar-refractivity contribution in [2.75, 3.05) is 18.5 Å². The maximum atomic E-state index is 12.4. The van der Waals surface area contributed by atoms with Gasteiger partial charge in [-0.05, 0) is 171 Å². The Morgan fingerprint density at radius 1 is 0.685 bits per heavy atom. The number of anilines is 1. The van der Waals surface area contributed by atoms with Crippen molar-refractivity contribution in [3.63, 3.8) is 0 Å². The fourth-order valence-corrected chi connectivity index (χ4v) is 10.4. The number of H-pyrrole nitrogens is 1. The van der Waals surface area contributed by atoms with Crippen LogP contribution in [0, 0.1) is 46.8 Å². The maximum absolute atomic E-state index is 12.4. The average Bonchev–Trinajstić information content (AvgIpc) is 1.91. The van der Waals surface area contributed by atoms with Gasteiger partial charge in [0.25, 0.3) is 0 Å². The van der Waals surface area contributed by atoms with Crippen LogP contribution in [-0.2, 0) is 42.9 Å². The van der Waals surface area contributed by atoms with E-state index in [2.05, 4.69) is 28.9 Å². The molecule has 496 valence electrons. The highest BCUT2D eigenvalue weighted by atomic mass is 16.8. The zero-order valence-electron chi connectivity index (χ0n) is 56.6. The summed E-state index contributed by atoms with van der Waals surface area (Å²) in [5.41, 5.74) is 0.157. The fraction of sp³-hybridized carbons (Fsp3) is 0.643. The van der Waals surface area contributed by atoms with E-state index in [9.17, 15) is 43.8 Å². The minimum absolute atomic E-state index is 0.00509. The first kappa shape index (κ1) is 74.7. The topological polar surface area (TPSA) is 266 Å². The largest absolute Gasteiger partial charge is 0.508 e. The van der Waals surface area contributed by atoms with Crippen molar-refractivity contribution < 1.29 is 76.6 Å². The number of aromatic nitrogens is 1. The van der Waals surface area contributed by atoms with Crippen LogP contribution in [0.1, 0.15) is 212 Å². The summed E-state index contributed by atoms with van der Waals surface area (Å²) in [5, 5.41) is 24.2. The molecule has 1 amide bonds. The van der Waals surface area contributed by atoms with E-state index in [1.165, 1.54) is 11.6 Å². The number of carbonyl (C=O) groups is 6. The molecule has 4 aliphatic carbocycles. The first-order valence-electron chi connectivity index (χ1n) is 31.6. The molecule has 3 aromatic carbocycles. The number of rotatable bonds is 17. The molecule has 1 aromatic heterocycles. The number of fused-ring (bicyclic) bond motifs is 1. The molecule has 0 spiro atoms. The van der Waals surface area contributed by atoms with Crippen LogP contribution in [0.25, 0.3) is 11.1 Å². The van der Waals surface area contributed by atoms with Crippen LogP contribution in [-0.4, -0.2) is 98.5 Å². The number of oxazole rings is 1. The second kappa shape index (κ2) is 31.3. The van der Waals surface area contributed by atoms with Crippen LogP contribution < -0.4 is 20.5 Å². The number of nitrogens with one attached hydrogen (secondary N) is 2. The second-order valence-electron chi connectivity index (χ2n) is 28.6. The summed E-state index contributed by atoms with van der Waals surface area (Å²) in [5.74, 6) is 0.968. The number of esters is 4. The van der Waals surface area contributed by atoms with Gasteiger partial charge in [0, 0.05) is 36.9 Å². The Bertz CT molecular complexity index is 3020. The lowest BCUT2D eigenvalue weighted by atomic mass is 9.50. The van der Waals surface area contributed by atoms with Crippen molar-refractivity contribution in [1.82, 2.24) is 4.98 Å². The van der Waals surface area contributed by atoms with Crippen molar-refractivity contribution in [2.24, 2.45) is 46.8 Å². The Balaban J connectivity index is 0.000000239. The first-order chi connectivity index (χ1) is 41.1. The summed E-state index contributed by atoms with van der Waals surface area (Å²) in [6.07, 6.45) is 4.36. The summed E-state index contributed by atoms with van der Waals surface area (Å²) < 4.78 is 41.3. The minimum atomic E-state index is -0.842. The van der Waals surface area contributed by atoms with Gasteiger partial charge in [0.1, 0.15) is 41.5 Å². The number of benzene rings is 3. The van der Waals surface area contributed by atoms with Crippen LogP contribution in [0.15, 0.2) is 75.9 Å². The van der Waals surface area contributed by atoms with Gasteiger partial charge in [-0.1, -0.05) is 95.2 Å². The molecule has 4 aromatic rings. The molecule has 89 heavy (non-hydrogen) atoms. The summed E-state index contributed by atoms with van der Waals surface area (Å²) in [7, 11) is 0. The van der Waals surface area contributed by atoms with Gasteiger partial charge < -0.3 is 53.1 Å². The van der Waals surface area contributed by atoms with Crippen LogP contribution in [0.3, 0.4) is 0 Å². The Hall–Kier alpha value is -6.73. The highest BCUT2D eigenvalue weighted by Gasteiger charge is 2.65. The first-order valence-corrected chi connectivity index (χ1v) is 31.6. The molecule has 5 fully saturated rings. The van der Waals surface area contributed by atoms with E-state index in [4.69, 9.17) is 32.8 Å². The van der Waals surface area contributed by atoms with Crippen LogP contribution in [0.5, 0.6) is 11.5 Å². The number of ether oxygens (including phenoxy) is 7. The van der Waals surface area contributed by atoms with Crippen LogP contribution in [0.2, 0.25) is 0 Å². The third kappa shape index (κ3) is 23.5. The Morgan fingerprint density at radius 3 is 1.72 bits per heavy atom. The zero-order chi connectivity index (χ0) is 67.2. The predicted molar refractivity (Wildman–Crippen MR) is 341 cm³/mol. The summed E-state index contributed by atoms with van der Waals surface area (Å²) in [4.78, 5) is 83.4. The smallest absolute Gasteiger partial charge is 0.488 e. The number of carbonyl (C=O) groups excluding carboxylic acids is 6. The number of amides is 1. The summed E-state index contributed by atoms with van der Waals surface area (Å²) in [6.45, 7) is 39.4. The number of aromatic amines is 1. The molecule has 1 aliphatic heterocycles. The Morgan fingerprint density at radius 2 is 1.24 bits per heavy atom.